The van der Waals surface area contributed by atoms with Crippen molar-refractivity contribution < 1.29 is 4.79 Å². The number of nitriles is 1. The van der Waals surface area contributed by atoms with Gasteiger partial charge in [0.1, 0.15) is 0 Å². The summed E-state index contributed by atoms with van der Waals surface area (Å²) < 4.78 is 0. The maximum Gasteiger partial charge on any atom is 0.236 e. The van der Waals surface area contributed by atoms with Crippen molar-refractivity contribution in [1.29, 1.82) is 5.26 Å². The molecule has 90 valence electrons. The fourth-order valence-electron chi connectivity index (χ4n) is 1.42. The van der Waals surface area contributed by atoms with Gasteiger partial charge in [0.15, 0.2) is 0 Å². The van der Waals surface area contributed by atoms with Gasteiger partial charge in [0.25, 0.3) is 0 Å². The lowest BCUT2D eigenvalue weighted by molar-refractivity contribution is -0.130. The fraction of sp³-hybridized carbons (Fsp3) is 0.417. The van der Waals surface area contributed by atoms with Crippen LogP contribution in [0, 0.1) is 11.3 Å². The summed E-state index contributed by atoms with van der Waals surface area (Å²) in [4.78, 5) is 17.3. The van der Waals surface area contributed by atoms with Gasteiger partial charge in [-0.25, -0.2) is 0 Å². The van der Waals surface area contributed by atoms with Gasteiger partial charge in [-0.3, -0.25) is 9.78 Å². The maximum atomic E-state index is 11.9. The van der Waals surface area contributed by atoms with E-state index in [1.807, 2.05) is 12.1 Å². The number of carbonyl (C=O) groups is 1. The molecule has 1 heterocycles. The van der Waals surface area contributed by atoms with Gasteiger partial charge in [0.05, 0.1) is 17.3 Å². The number of carbonyl (C=O) groups excluding carboxylic acids is 1. The molecule has 1 rings (SSSR count). The average Bonchev–Trinajstić information content (AvgIpc) is 2.34. The molecule has 0 saturated carbocycles. The van der Waals surface area contributed by atoms with E-state index in [4.69, 9.17) is 5.26 Å². The lowest BCUT2D eigenvalue weighted by atomic mass is 10.2. The largest absolute Gasteiger partial charge is 0.336 e. The summed E-state index contributed by atoms with van der Waals surface area (Å²) in [5.74, 6) is -0.0101. The lowest BCUT2D eigenvalue weighted by Gasteiger charge is -2.22. The molecule has 1 unspecified atom stereocenters. The number of hydrogen-bond acceptors (Lipinski definition) is 3. The van der Waals surface area contributed by atoms with E-state index in [1.165, 1.54) is 0 Å². The van der Waals surface area contributed by atoms with Crippen molar-refractivity contribution >= 4 is 21.8 Å². The van der Waals surface area contributed by atoms with Crippen LogP contribution in [0.15, 0.2) is 24.5 Å². The van der Waals surface area contributed by atoms with E-state index in [1.54, 1.807) is 24.2 Å². The molecular weight excluding hydrogens is 282 g/mol. The highest BCUT2D eigenvalue weighted by molar-refractivity contribution is 9.10. The van der Waals surface area contributed by atoms with E-state index in [2.05, 4.69) is 27.0 Å². The van der Waals surface area contributed by atoms with Crippen LogP contribution in [0.1, 0.15) is 18.9 Å². The number of nitrogens with zero attached hydrogens (tertiary/aromatic N) is 3. The van der Waals surface area contributed by atoms with Gasteiger partial charge < -0.3 is 4.90 Å². The number of halogens is 1. The number of alkyl halides is 1. The van der Waals surface area contributed by atoms with Crippen LogP contribution in [0.5, 0.6) is 0 Å². The van der Waals surface area contributed by atoms with Crippen molar-refractivity contribution in [1.82, 2.24) is 9.88 Å². The van der Waals surface area contributed by atoms with E-state index in [0.29, 0.717) is 19.5 Å². The number of aromatic nitrogens is 1. The van der Waals surface area contributed by atoms with Crippen LogP contribution in [0.4, 0.5) is 0 Å². The summed E-state index contributed by atoms with van der Waals surface area (Å²) in [7, 11) is 0. The number of rotatable bonds is 5. The zero-order valence-electron chi connectivity index (χ0n) is 9.64. The topological polar surface area (TPSA) is 57.0 Å². The molecular formula is C12H14BrN3O. The lowest BCUT2D eigenvalue weighted by Crippen LogP contribution is -2.35. The molecule has 0 bridgehead atoms. The quantitative estimate of drug-likeness (QED) is 0.782. The van der Waals surface area contributed by atoms with Crippen LogP contribution >= 0.6 is 15.9 Å². The highest BCUT2D eigenvalue weighted by Crippen LogP contribution is 2.09. The van der Waals surface area contributed by atoms with E-state index in [-0.39, 0.29) is 10.7 Å². The van der Waals surface area contributed by atoms with Crippen molar-refractivity contribution in [3.63, 3.8) is 0 Å². The van der Waals surface area contributed by atoms with Gasteiger partial charge >= 0.3 is 0 Å². The summed E-state index contributed by atoms with van der Waals surface area (Å²) >= 11 is 3.26. The molecule has 0 aliphatic rings. The highest BCUT2D eigenvalue weighted by Gasteiger charge is 2.18. The number of amides is 1. The molecule has 0 radical (unpaired) electrons. The molecule has 0 aliphatic carbocycles. The first-order valence-corrected chi connectivity index (χ1v) is 6.25. The van der Waals surface area contributed by atoms with Crippen molar-refractivity contribution in [2.75, 3.05) is 6.54 Å². The predicted octanol–water partition coefficient (Wildman–Crippen LogP) is 2.11. The maximum absolute atomic E-state index is 11.9. The Morgan fingerprint density at radius 3 is 3.00 bits per heavy atom. The smallest absolute Gasteiger partial charge is 0.236 e. The molecule has 0 spiro atoms. The molecule has 1 aromatic rings. The molecule has 0 aromatic carbocycles. The van der Waals surface area contributed by atoms with Gasteiger partial charge in [-0.1, -0.05) is 22.0 Å². The second kappa shape index (κ2) is 7.02. The molecule has 4 nitrogen and oxygen atoms in total. The van der Waals surface area contributed by atoms with Gasteiger partial charge in [-0.15, -0.1) is 0 Å². The van der Waals surface area contributed by atoms with Gasteiger partial charge in [0.2, 0.25) is 5.91 Å². The van der Waals surface area contributed by atoms with Crippen LogP contribution in [-0.4, -0.2) is 27.2 Å². The first kappa shape index (κ1) is 13.7. The fourth-order valence-corrected chi connectivity index (χ4v) is 1.71. The molecule has 0 saturated heterocycles. The minimum absolute atomic E-state index is 0.0101. The van der Waals surface area contributed by atoms with Gasteiger partial charge in [0, 0.05) is 25.5 Å². The Morgan fingerprint density at radius 1 is 1.71 bits per heavy atom. The zero-order valence-corrected chi connectivity index (χ0v) is 11.2. The third-order valence-electron chi connectivity index (χ3n) is 2.24. The van der Waals surface area contributed by atoms with Crippen LogP contribution in [0.25, 0.3) is 0 Å². The number of hydrogen-bond donors (Lipinski definition) is 0. The first-order valence-electron chi connectivity index (χ1n) is 5.34. The van der Waals surface area contributed by atoms with Gasteiger partial charge in [-0.05, 0) is 18.6 Å². The minimum atomic E-state index is -0.238. The van der Waals surface area contributed by atoms with Crippen molar-refractivity contribution in [3.05, 3.63) is 30.1 Å². The standard InChI is InChI=1S/C12H14BrN3O/c1-10(13)12(17)16(7-3-5-14)9-11-4-2-6-15-8-11/h2,4,6,8,10H,3,7,9H2,1H3. The Morgan fingerprint density at radius 2 is 2.47 bits per heavy atom. The predicted molar refractivity (Wildman–Crippen MR) is 68.3 cm³/mol. The molecule has 0 fully saturated rings. The molecule has 5 heteroatoms. The van der Waals surface area contributed by atoms with E-state index < -0.39 is 0 Å². The summed E-state index contributed by atoms with van der Waals surface area (Å²) in [6.45, 7) is 2.72. The molecule has 0 aliphatic heterocycles. The molecule has 1 amide bonds. The number of pyridine rings is 1. The minimum Gasteiger partial charge on any atom is -0.336 e. The average molecular weight is 296 g/mol. The van der Waals surface area contributed by atoms with Crippen LogP contribution < -0.4 is 0 Å². The highest BCUT2D eigenvalue weighted by atomic mass is 79.9. The summed E-state index contributed by atoms with van der Waals surface area (Å²) in [6.07, 6.45) is 3.76. The van der Waals surface area contributed by atoms with Crippen molar-refractivity contribution in [2.24, 2.45) is 0 Å². The van der Waals surface area contributed by atoms with E-state index >= 15 is 0 Å². The molecule has 1 atom stereocenters. The van der Waals surface area contributed by atoms with Gasteiger partial charge in [-0.2, -0.15) is 5.26 Å². The normalized spacial score (nSPS) is 11.6. The van der Waals surface area contributed by atoms with E-state index in [9.17, 15) is 4.79 Å². The Kier molecular flexibility index (Phi) is 5.64. The summed E-state index contributed by atoms with van der Waals surface area (Å²) in [5, 5.41) is 8.59. The Labute approximate surface area is 109 Å². The van der Waals surface area contributed by atoms with Crippen molar-refractivity contribution in [3.8, 4) is 6.07 Å². The molecule has 0 N–H and O–H groups in total. The Balaban J connectivity index is 2.70. The summed E-state index contributed by atoms with van der Waals surface area (Å²) in [6, 6.07) is 5.80. The molecule has 17 heavy (non-hydrogen) atoms. The van der Waals surface area contributed by atoms with Crippen LogP contribution in [0.3, 0.4) is 0 Å². The van der Waals surface area contributed by atoms with E-state index in [0.717, 1.165) is 5.56 Å². The zero-order chi connectivity index (χ0) is 12.7. The Hall–Kier alpha value is -1.41. The first-order chi connectivity index (χ1) is 8.15. The third-order valence-corrected chi connectivity index (χ3v) is 2.63. The summed E-state index contributed by atoms with van der Waals surface area (Å²) in [5.41, 5.74) is 0.965. The van der Waals surface area contributed by atoms with Crippen LogP contribution in [-0.2, 0) is 11.3 Å². The monoisotopic (exact) mass is 295 g/mol. The molecule has 1 aromatic heterocycles. The SMILES string of the molecule is CC(Br)C(=O)N(CCC#N)Cc1cccnc1. The van der Waals surface area contributed by atoms with Crippen LogP contribution in [0.2, 0.25) is 0 Å². The Bertz CT molecular complexity index is 400. The third kappa shape index (κ3) is 4.53. The second-order valence-corrected chi connectivity index (χ2v) is 5.02. The second-order valence-electron chi connectivity index (χ2n) is 3.65. The van der Waals surface area contributed by atoms with Crippen molar-refractivity contribution in [2.45, 2.75) is 24.7 Å².